The van der Waals surface area contributed by atoms with Crippen molar-refractivity contribution in [3.8, 4) is 0 Å². The van der Waals surface area contributed by atoms with E-state index in [1.165, 1.54) is 11.8 Å². The molecule has 0 unspecified atom stereocenters. The second-order valence-electron chi connectivity index (χ2n) is 5.00. The fourth-order valence-corrected chi connectivity index (χ4v) is 2.87. The van der Waals surface area contributed by atoms with Gasteiger partial charge in [-0.25, -0.2) is 0 Å². The van der Waals surface area contributed by atoms with Gasteiger partial charge in [0.05, 0.1) is 0 Å². The van der Waals surface area contributed by atoms with Gasteiger partial charge >= 0.3 is 0 Å². The van der Waals surface area contributed by atoms with Crippen LogP contribution in [0.2, 0.25) is 5.02 Å². The third-order valence-corrected chi connectivity index (χ3v) is 3.89. The van der Waals surface area contributed by atoms with Crippen molar-refractivity contribution in [2.24, 2.45) is 0 Å². The van der Waals surface area contributed by atoms with Crippen molar-refractivity contribution in [1.82, 2.24) is 5.32 Å². The van der Waals surface area contributed by atoms with Crippen LogP contribution in [0.4, 0.5) is 5.69 Å². The van der Waals surface area contributed by atoms with E-state index < -0.39 is 0 Å². The maximum Gasteiger partial charge on any atom is 0.0453 e. The minimum Gasteiger partial charge on any atom is -0.377 e. The fraction of sp³-hybridized carbons (Fsp3) is 0.500. The third kappa shape index (κ3) is 2.68. The molecule has 2 N–H and O–H groups in total. The average molecular weight is 266 g/mol. The van der Waals surface area contributed by atoms with Gasteiger partial charge in [-0.05, 0) is 49.5 Å². The Bertz CT molecular complexity index is 437. The second kappa shape index (κ2) is 5.72. The van der Waals surface area contributed by atoms with E-state index in [2.05, 4.69) is 11.4 Å². The molecule has 0 aromatic heterocycles. The molecule has 4 heteroatoms. The summed E-state index contributed by atoms with van der Waals surface area (Å²) in [6, 6.07) is 4.07. The van der Waals surface area contributed by atoms with E-state index in [1.807, 2.05) is 25.1 Å². The summed E-state index contributed by atoms with van der Waals surface area (Å²) >= 11 is 6.38. The van der Waals surface area contributed by atoms with E-state index in [0.717, 1.165) is 42.2 Å². The van der Waals surface area contributed by atoms with Crippen LogP contribution in [0.3, 0.4) is 0 Å². The number of nitrogens with zero attached hydrogens (tertiary/aromatic N) is 1. The molecule has 0 amide bonds. The molecule has 0 aliphatic carbocycles. The lowest BCUT2D eigenvalue weighted by atomic mass is 9.89. The van der Waals surface area contributed by atoms with Crippen LogP contribution in [0.15, 0.2) is 12.1 Å². The first-order valence-electron chi connectivity index (χ1n) is 6.35. The number of anilines is 1. The molecule has 1 aromatic rings. The molecule has 1 aromatic carbocycles. The summed E-state index contributed by atoms with van der Waals surface area (Å²) < 4.78 is 0. The van der Waals surface area contributed by atoms with Crippen LogP contribution in [0, 0.1) is 5.41 Å². The quantitative estimate of drug-likeness (QED) is 0.825. The maximum atomic E-state index is 7.47. The Labute approximate surface area is 114 Å². The highest BCUT2D eigenvalue weighted by Crippen LogP contribution is 2.35. The van der Waals surface area contributed by atoms with Gasteiger partial charge in [-0.1, -0.05) is 11.6 Å². The predicted molar refractivity (Wildman–Crippen MR) is 78.5 cm³/mol. The van der Waals surface area contributed by atoms with E-state index in [4.69, 9.17) is 17.0 Å². The molecule has 0 spiro atoms. The SMILES string of the molecule is CN(C)c1cc(C2CCNCC2)c(Cl)cc1C=N. The van der Waals surface area contributed by atoms with E-state index in [0.29, 0.717) is 5.92 Å². The highest BCUT2D eigenvalue weighted by atomic mass is 35.5. The molecule has 0 saturated carbocycles. The minimum absolute atomic E-state index is 0.539. The van der Waals surface area contributed by atoms with Gasteiger partial charge in [0.1, 0.15) is 0 Å². The number of piperidine rings is 1. The first kappa shape index (κ1) is 13.4. The first-order valence-corrected chi connectivity index (χ1v) is 6.73. The van der Waals surface area contributed by atoms with Crippen LogP contribution in [0.5, 0.6) is 0 Å². The number of halogens is 1. The predicted octanol–water partition coefficient (Wildman–Crippen LogP) is 2.87. The van der Waals surface area contributed by atoms with Crippen LogP contribution in [0.25, 0.3) is 0 Å². The van der Waals surface area contributed by atoms with Crippen LogP contribution in [-0.2, 0) is 0 Å². The van der Waals surface area contributed by atoms with Crippen molar-refractivity contribution in [2.75, 3.05) is 32.1 Å². The lowest BCUT2D eigenvalue weighted by Gasteiger charge is -2.26. The van der Waals surface area contributed by atoms with E-state index in [9.17, 15) is 0 Å². The van der Waals surface area contributed by atoms with Gasteiger partial charge < -0.3 is 15.6 Å². The van der Waals surface area contributed by atoms with Gasteiger partial charge in [0, 0.05) is 36.6 Å². The molecule has 1 heterocycles. The van der Waals surface area contributed by atoms with Crippen LogP contribution >= 0.6 is 11.6 Å². The number of rotatable bonds is 3. The van der Waals surface area contributed by atoms with Gasteiger partial charge in [-0.2, -0.15) is 0 Å². The molecule has 1 aliphatic rings. The molecule has 0 radical (unpaired) electrons. The summed E-state index contributed by atoms with van der Waals surface area (Å²) in [6.45, 7) is 2.12. The van der Waals surface area contributed by atoms with Gasteiger partial charge in [-0.15, -0.1) is 0 Å². The number of hydrogen-bond acceptors (Lipinski definition) is 3. The van der Waals surface area contributed by atoms with E-state index in [-0.39, 0.29) is 0 Å². The summed E-state index contributed by atoms with van der Waals surface area (Å²) in [6.07, 6.45) is 3.64. The molecule has 98 valence electrons. The number of nitrogens with one attached hydrogen (secondary N) is 2. The van der Waals surface area contributed by atoms with Gasteiger partial charge in [-0.3, -0.25) is 0 Å². The largest absolute Gasteiger partial charge is 0.377 e. The summed E-state index contributed by atoms with van der Waals surface area (Å²) in [5, 5.41) is 11.6. The normalized spacial score (nSPS) is 16.6. The zero-order valence-electron chi connectivity index (χ0n) is 11.0. The number of benzene rings is 1. The Balaban J connectivity index is 2.40. The van der Waals surface area contributed by atoms with Crippen molar-refractivity contribution in [1.29, 1.82) is 5.41 Å². The Kier molecular flexibility index (Phi) is 4.25. The van der Waals surface area contributed by atoms with E-state index in [1.54, 1.807) is 0 Å². The lowest BCUT2D eigenvalue weighted by Crippen LogP contribution is -2.27. The van der Waals surface area contributed by atoms with Crippen molar-refractivity contribution in [3.63, 3.8) is 0 Å². The summed E-state index contributed by atoms with van der Waals surface area (Å²) in [4.78, 5) is 2.04. The molecular weight excluding hydrogens is 246 g/mol. The Hall–Kier alpha value is -1.06. The standard InChI is InChI=1S/C14H20ClN3/c1-18(2)14-8-12(10-3-5-17-6-4-10)13(15)7-11(14)9-16/h7-10,16-17H,3-6H2,1-2H3. The first-order chi connectivity index (χ1) is 8.63. The van der Waals surface area contributed by atoms with Crippen molar-refractivity contribution in [2.45, 2.75) is 18.8 Å². The molecule has 0 bridgehead atoms. The van der Waals surface area contributed by atoms with Crippen molar-refractivity contribution >= 4 is 23.5 Å². The number of hydrogen-bond donors (Lipinski definition) is 2. The summed E-state index contributed by atoms with van der Waals surface area (Å²) in [5.41, 5.74) is 3.18. The topological polar surface area (TPSA) is 39.1 Å². The Morgan fingerprint density at radius 1 is 1.33 bits per heavy atom. The fourth-order valence-electron chi connectivity index (χ4n) is 2.54. The van der Waals surface area contributed by atoms with Crippen molar-refractivity contribution in [3.05, 3.63) is 28.3 Å². The Morgan fingerprint density at radius 2 is 2.00 bits per heavy atom. The van der Waals surface area contributed by atoms with Gasteiger partial charge in [0.15, 0.2) is 0 Å². The monoisotopic (exact) mass is 265 g/mol. The van der Waals surface area contributed by atoms with Crippen LogP contribution < -0.4 is 10.2 Å². The molecule has 18 heavy (non-hydrogen) atoms. The van der Waals surface area contributed by atoms with Gasteiger partial charge in [0.25, 0.3) is 0 Å². The third-order valence-electron chi connectivity index (χ3n) is 3.56. The van der Waals surface area contributed by atoms with E-state index >= 15 is 0 Å². The summed E-state index contributed by atoms with van der Waals surface area (Å²) in [5.74, 6) is 0.539. The zero-order valence-corrected chi connectivity index (χ0v) is 11.7. The zero-order chi connectivity index (χ0) is 13.1. The molecular formula is C14H20ClN3. The minimum atomic E-state index is 0.539. The molecule has 2 rings (SSSR count). The lowest BCUT2D eigenvalue weighted by molar-refractivity contribution is 0.460. The molecule has 1 saturated heterocycles. The highest BCUT2D eigenvalue weighted by Gasteiger charge is 2.19. The Morgan fingerprint density at radius 3 is 2.56 bits per heavy atom. The second-order valence-corrected chi connectivity index (χ2v) is 5.40. The maximum absolute atomic E-state index is 7.47. The van der Waals surface area contributed by atoms with Gasteiger partial charge in [0.2, 0.25) is 0 Å². The summed E-state index contributed by atoms with van der Waals surface area (Å²) in [7, 11) is 4.00. The smallest absolute Gasteiger partial charge is 0.0453 e. The molecule has 1 fully saturated rings. The molecule has 3 nitrogen and oxygen atoms in total. The highest BCUT2D eigenvalue weighted by molar-refractivity contribution is 6.32. The average Bonchev–Trinajstić information content (AvgIpc) is 2.39. The van der Waals surface area contributed by atoms with Crippen LogP contribution in [-0.4, -0.2) is 33.4 Å². The molecule has 0 atom stereocenters. The molecule has 1 aliphatic heterocycles. The van der Waals surface area contributed by atoms with Crippen LogP contribution in [0.1, 0.15) is 29.9 Å². The van der Waals surface area contributed by atoms with Crippen molar-refractivity contribution < 1.29 is 0 Å².